The Kier molecular flexibility index (Phi) is 4.22. The first-order valence-electron chi connectivity index (χ1n) is 6.88. The van der Waals surface area contributed by atoms with Gasteiger partial charge in [-0.3, -0.25) is 0 Å². The van der Waals surface area contributed by atoms with E-state index >= 15 is 0 Å². The van der Waals surface area contributed by atoms with Crippen molar-refractivity contribution in [1.82, 2.24) is 19.8 Å². The normalized spacial score (nSPS) is 12.6. The molecule has 1 N–H and O–H groups in total. The molecule has 0 atom stereocenters. The van der Waals surface area contributed by atoms with Gasteiger partial charge in [0.05, 0.1) is 12.3 Å². The zero-order valence-corrected chi connectivity index (χ0v) is 12.5. The van der Waals surface area contributed by atoms with E-state index in [1.54, 1.807) is 0 Å². The van der Waals surface area contributed by atoms with Crippen LogP contribution in [-0.2, 0) is 12.8 Å². The van der Waals surface area contributed by atoms with Gasteiger partial charge < -0.3 is 9.84 Å². The maximum atomic E-state index is 13.0. The van der Waals surface area contributed by atoms with Crippen molar-refractivity contribution in [1.29, 1.82) is 0 Å². The van der Waals surface area contributed by atoms with Crippen LogP contribution in [0.1, 0.15) is 11.4 Å². The molecule has 0 saturated carbocycles. The van der Waals surface area contributed by atoms with Crippen LogP contribution in [0, 0.1) is 0 Å². The molecule has 0 amide bonds. The topological polar surface area (TPSA) is 72.5 Å². The van der Waals surface area contributed by atoms with Crippen molar-refractivity contribution in [3.8, 4) is 17.0 Å². The van der Waals surface area contributed by atoms with Gasteiger partial charge in [0.25, 0.3) is 5.82 Å². The molecule has 0 fully saturated rings. The summed E-state index contributed by atoms with van der Waals surface area (Å²) in [6.45, 7) is -0.635. The zero-order valence-electron chi connectivity index (χ0n) is 12.5. The van der Waals surface area contributed by atoms with Crippen LogP contribution in [0.2, 0.25) is 0 Å². The highest BCUT2D eigenvalue weighted by molar-refractivity contribution is 5.63. The smallest absolute Gasteiger partial charge is 0.406 e. The summed E-state index contributed by atoms with van der Waals surface area (Å²) in [5.41, 5.74) is -0.0717. The Morgan fingerprint density at radius 1 is 1.00 bits per heavy atom. The number of aromatic nitrogens is 4. The monoisotopic (exact) mass is 378 g/mol. The third kappa shape index (κ3) is 3.54. The molecule has 3 rings (SSSR count). The van der Waals surface area contributed by atoms with Crippen LogP contribution >= 0.6 is 0 Å². The fraction of sp³-hybridized carbons (Fsp3) is 0.214. The lowest BCUT2D eigenvalue weighted by Gasteiger charge is -2.10. The molecule has 0 radical (unpaired) electrons. The SMILES string of the molecule is OCc1cc(-c2ccc(OC(F)(F)F)cc2)nn2c(C(F)(F)F)nnc12. The molecule has 1 aromatic carbocycles. The molecule has 0 bridgehead atoms. The molecule has 0 aliphatic carbocycles. The van der Waals surface area contributed by atoms with E-state index < -0.39 is 30.7 Å². The van der Waals surface area contributed by atoms with E-state index in [9.17, 15) is 31.4 Å². The van der Waals surface area contributed by atoms with Crippen molar-refractivity contribution in [3.05, 3.63) is 41.7 Å². The summed E-state index contributed by atoms with van der Waals surface area (Å²) in [6.07, 6.45) is -9.70. The van der Waals surface area contributed by atoms with E-state index in [-0.39, 0.29) is 22.5 Å². The molecule has 0 aliphatic heterocycles. The summed E-state index contributed by atoms with van der Waals surface area (Å²) in [5, 5.41) is 19.5. The van der Waals surface area contributed by atoms with Gasteiger partial charge in [-0.25, -0.2) is 0 Å². The molecule has 2 heterocycles. The van der Waals surface area contributed by atoms with Crippen molar-refractivity contribution >= 4 is 5.65 Å². The minimum atomic E-state index is -4.87. The number of benzene rings is 1. The van der Waals surface area contributed by atoms with Gasteiger partial charge in [0.2, 0.25) is 0 Å². The highest BCUT2D eigenvalue weighted by Gasteiger charge is 2.38. The van der Waals surface area contributed by atoms with Crippen molar-refractivity contribution < 1.29 is 36.2 Å². The van der Waals surface area contributed by atoms with Crippen LogP contribution in [0.4, 0.5) is 26.3 Å². The van der Waals surface area contributed by atoms with Crippen molar-refractivity contribution in [2.75, 3.05) is 0 Å². The Balaban J connectivity index is 2.07. The average Bonchev–Trinajstić information content (AvgIpc) is 2.97. The minimum absolute atomic E-state index is 0.0219. The van der Waals surface area contributed by atoms with E-state index in [0.29, 0.717) is 4.52 Å². The first-order chi connectivity index (χ1) is 12.1. The molecule has 6 nitrogen and oxygen atoms in total. The number of rotatable bonds is 3. The molecule has 26 heavy (non-hydrogen) atoms. The first kappa shape index (κ1) is 17.9. The van der Waals surface area contributed by atoms with Crippen molar-refractivity contribution in [2.24, 2.45) is 0 Å². The maximum Gasteiger partial charge on any atom is 0.573 e. The van der Waals surface area contributed by atoms with Gasteiger partial charge in [0.15, 0.2) is 5.65 Å². The molecule has 0 saturated heterocycles. The van der Waals surface area contributed by atoms with Gasteiger partial charge in [-0.05, 0) is 30.3 Å². The van der Waals surface area contributed by atoms with Gasteiger partial charge in [-0.15, -0.1) is 23.4 Å². The van der Waals surface area contributed by atoms with Gasteiger partial charge in [-0.1, -0.05) is 0 Å². The first-order valence-corrected chi connectivity index (χ1v) is 6.88. The highest BCUT2D eigenvalue weighted by atomic mass is 19.4. The van der Waals surface area contributed by atoms with Gasteiger partial charge >= 0.3 is 12.5 Å². The number of halogens is 6. The predicted molar refractivity (Wildman–Crippen MR) is 73.8 cm³/mol. The van der Waals surface area contributed by atoms with E-state index in [0.717, 1.165) is 12.1 Å². The Morgan fingerprint density at radius 2 is 1.65 bits per heavy atom. The van der Waals surface area contributed by atoms with Crippen LogP contribution in [0.3, 0.4) is 0 Å². The number of aliphatic hydroxyl groups is 1. The summed E-state index contributed by atoms with van der Waals surface area (Å²) in [7, 11) is 0. The second-order valence-corrected chi connectivity index (χ2v) is 5.04. The number of hydrogen-bond donors (Lipinski definition) is 1. The molecule has 138 valence electrons. The molecular weight excluding hydrogens is 370 g/mol. The number of aliphatic hydroxyl groups excluding tert-OH is 1. The lowest BCUT2D eigenvalue weighted by atomic mass is 10.1. The lowest BCUT2D eigenvalue weighted by molar-refractivity contribution is -0.274. The summed E-state index contributed by atoms with van der Waals surface area (Å²) in [6, 6.07) is 5.63. The summed E-state index contributed by atoms with van der Waals surface area (Å²) in [4.78, 5) is 0. The molecule has 2 aromatic heterocycles. The Bertz CT molecular complexity index is 933. The Hall–Kier alpha value is -2.89. The molecule has 3 aromatic rings. The fourth-order valence-corrected chi connectivity index (χ4v) is 2.20. The van der Waals surface area contributed by atoms with Crippen LogP contribution < -0.4 is 4.74 Å². The van der Waals surface area contributed by atoms with Crippen LogP contribution in [-0.4, -0.2) is 31.3 Å². The van der Waals surface area contributed by atoms with Gasteiger partial charge in [0.1, 0.15) is 5.75 Å². The van der Waals surface area contributed by atoms with Crippen LogP contribution in [0.15, 0.2) is 30.3 Å². The van der Waals surface area contributed by atoms with E-state index in [2.05, 4.69) is 20.0 Å². The second-order valence-electron chi connectivity index (χ2n) is 5.04. The van der Waals surface area contributed by atoms with Crippen LogP contribution in [0.25, 0.3) is 16.9 Å². The Labute approximate surface area is 140 Å². The molecule has 0 spiro atoms. The number of alkyl halides is 6. The number of fused-ring (bicyclic) bond motifs is 1. The van der Waals surface area contributed by atoms with E-state index in [1.807, 2.05) is 0 Å². The fourth-order valence-electron chi connectivity index (χ4n) is 2.20. The minimum Gasteiger partial charge on any atom is -0.406 e. The third-order valence-corrected chi connectivity index (χ3v) is 3.25. The average molecular weight is 378 g/mol. The number of hydrogen-bond acceptors (Lipinski definition) is 5. The van der Waals surface area contributed by atoms with E-state index in [4.69, 9.17) is 0 Å². The largest absolute Gasteiger partial charge is 0.573 e. The molecule has 12 heteroatoms. The lowest BCUT2D eigenvalue weighted by Crippen LogP contribution is -2.17. The van der Waals surface area contributed by atoms with Gasteiger partial charge in [0, 0.05) is 11.1 Å². The zero-order chi connectivity index (χ0) is 19.1. The second kappa shape index (κ2) is 6.12. The number of ether oxygens (including phenoxy) is 1. The predicted octanol–water partition coefficient (Wildman–Crippen LogP) is 3.20. The van der Waals surface area contributed by atoms with Gasteiger partial charge in [-0.2, -0.15) is 22.8 Å². The van der Waals surface area contributed by atoms with Crippen molar-refractivity contribution in [2.45, 2.75) is 19.1 Å². The summed E-state index contributed by atoms with van der Waals surface area (Å²) in [5.74, 6) is -1.88. The maximum absolute atomic E-state index is 13.0. The number of nitrogens with zero attached hydrogens (tertiary/aromatic N) is 4. The highest BCUT2D eigenvalue weighted by Crippen LogP contribution is 2.30. The quantitative estimate of drug-likeness (QED) is 0.709. The standard InChI is InChI=1S/C14H8F6N4O2/c15-13(16,17)12-22-21-11-8(6-25)5-10(23-24(11)12)7-1-3-9(4-2-7)26-14(18,19)20/h1-5,25H,6H2. The molecule has 0 unspecified atom stereocenters. The Morgan fingerprint density at radius 3 is 2.19 bits per heavy atom. The van der Waals surface area contributed by atoms with Crippen LogP contribution in [0.5, 0.6) is 5.75 Å². The van der Waals surface area contributed by atoms with E-state index in [1.165, 1.54) is 18.2 Å². The summed E-state index contributed by atoms with van der Waals surface area (Å²) >= 11 is 0. The third-order valence-electron chi connectivity index (χ3n) is 3.25. The molecular formula is C14H8F6N4O2. The molecule has 0 aliphatic rings. The van der Waals surface area contributed by atoms with Crippen molar-refractivity contribution in [3.63, 3.8) is 0 Å². The summed E-state index contributed by atoms with van der Waals surface area (Å²) < 4.78 is 79.6.